The van der Waals surface area contributed by atoms with Gasteiger partial charge >= 0.3 is 0 Å². The summed E-state index contributed by atoms with van der Waals surface area (Å²) in [5.41, 5.74) is 2.72. The molecule has 0 aliphatic heterocycles. The van der Waals surface area contributed by atoms with E-state index in [4.69, 9.17) is 4.74 Å². The van der Waals surface area contributed by atoms with Gasteiger partial charge in [-0.2, -0.15) is 0 Å². The Morgan fingerprint density at radius 2 is 1.85 bits per heavy atom. The van der Waals surface area contributed by atoms with Crippen LogP contribution in [0, 0.1) is 5.82 Å². The fourth-order valence-electron chi connectivity index (χ4n) is 2.08. The molecule has 0 spiro atoms. The molecule has 0 heterocycles. The number of halogens is 1. The summed E-state index contributed by atoms with van der Waals surface area (Å²) in [4.78, 5) is 0. The van der Waals surface area contributed by atoms with Crippen molar-refractivity contribution in [3.05, 3.63) is 53.8 Å². The first-order valence-electron chi connectivity index (χ1n) is 6.97. The van der Waals surface area contributed by atoms with Crippen molar-refractivity contribution in [2.75, 3.05) is 13.2 Å². The lowest BCUT2D eigenvalue weighted by Crippen LogP contribution is -2.12. The van der Waals surface area contributed by atoms with E-state index in [-0.39, 0.29) is 5.82 Å². The van der Waals surface area contributed by atoms with Crippen LogP contribution in [0.2, 0.25) is 0 Å². The predicted molar refractivity (Wildman–Crippen MR) is 80.4 cm³/mol. The highest BCUT2D eigenvalue weighted by atomic mass is 19.1. The molecule has 0 aromatic heterocycles. The molecule has 0 saturated carbocycles. The van der Waals surface area contributed by atoms with Gasteiger partial charge in [0.15, 0.2) is 0 Å². The van der Waals surface area contributed by atoms with Crippen molar-refractivity contribution in [2.24, 2.45) is 0 Å². The molecule has 2 aromatic rings. The lowest BCUT2D eigenvalue weighted by molar-refractivity contribution is 0.340. The molecule has 0 unspecified atom stereocenters. The average Bonchev–Trinajstić information content (AvgIpc) is 2.47. The largest absolute Gasteiger partial charge is 0.494 e. The Morgan fingerprint density at radius 1 is 1.05 bits per heavy atom. The first-order valence-corrected chi connectivity index (χ1v) is 6.97. The van der Waals surface area contributed by atoms with Gasteiger partial charge in [-0.15, -0.1) is 0 Å². The standard InChI is InChI=1S/C17H20FNO/c1-3-19-12-15-10-14(8-9-17(15)18)13-6-5-7-16(11-13)20-4-2/h5-11,19H,3-4,12H2,1-2H3. The fraction of sp³-hybridized carbons (Fsp3) is 0.294. The number of rotatable bonds is 6. The maximum absolute atomic E-state index is 13.7. The van der Waals surface area contributed by atoms with Gasteiger partial charge in [-0.1, -0.05) is 25.1 Å². The molecular weight excluding hydrogens is 253 g/mol. The molecule has 0 amide bonds. The third-order valence-electron chi connectivity index (χ3n) is 3.09. The number of benzene rings is 2. The van der Waals surface area contributed by atoms with Gasteiger partial charge < -0.3 is 10.1 Å². The van der Waals surface area contributed by atoms with E-state index in [2.05, 4.69) is 5.32 Å². The van der Waals surface area contributed by atoms with E-state index in [1.807, 2.05) is 44.2 Å². The van der Waals surface area contributed by atoms with Crippen LogP contribution in [0.25, 0.3) is 11.1 Å². The Labute approximate surface area is 119 Å². The third kappa shape index (κ3) is 3.58. The minimum Gasteiger partial charge on any atom is -0.494 e. The molecule has 2 rings (SSSR count). The molecule has 0 fully saturated rings. The highest BCUT2D eigenvalue weighted by Gasteiger charge is 2.06. The summed E-state index contributed by atoms with van der Waals surface area (Å²) in [5, 5.41) is 3.15. The van der Waals surface area contributed by atoms with Gasteiger partial charge in [0, 0.05) is 12.1 Å². The molecule has 0 bridgehead atoms. The summed E-state index contributed by atoms with van der Waals surface area (Å²) >= 11 is 0. The van der Waals surface area contributed by atoms with Crippen LogP contribution in [0.4, 0.5) is 4.39 Å². The molecule has 20 heavy (non-hydrogen) atoms. The third-order valence-corrected chi connectivity index (χ3v) is 3.09. The fourth-order valence-corrected chi connectivity index (χ4v) is 2.08. The van der Waals surface area contributed by atoms with Gasteiger partial charge in [0.25, 0.3) is 0 Å². The summed E-state index contributed by atoms with van der Waals surface area (Å²) in [7, 11) is 0. The van der Waals surface area contributed by atoms with Gasteiger partial charge in [0.2, 0.25) is 0 Å². The Kier molecular flexibility index (Phi) is 5.13. The first-order chi connectivity index (χ1) is 9.74. The van der Waals surface area contributed by atoms with E-state index in [0.29, 0.717) is 18.7 Å². The van der Waals surface area contributed by atoms with E-state index >= 15 is 0 Å². The Bertz CT molecular complexity index is 569. The molecular formula is C17H20FNO. The Hall–Kier alpha value is -1.87. The van der Waals surface area contributed by atoms with E-state index in [1.165, 1.54) is 6.07 Å². The molecule has 0 aliphatic rings. The second kappa shape index (κ2) is 7.06. The monoisotopic (exact) mass is 273 g/mol. The molecule has 2 aromatic carbocycles. The quantitative estimate of drug-likeness (QED) is 0.859. The molecule has 0 saturated heterocycles. The van der Waals surface area contributed by atoms with Crippen LogP contribution in [0.3, 0.4) is 0 Å². The Morgan fingerprint density at radius 3 is 2.60 bits per heavy atom. The van der Waals surface area contributed by atoms with Crippen LogP contribution < -0.4 is 10.1 Å². The highest BCUT2D eigenvalue weighted by Crippen LogP contribution is 2.25. The van der Waals surface area contributed by atoms with Gasteiger partial charge in [-0.05, 0) is 48.9 Å². The zero-order valence-corrected chi connectivity index (χ0v) is 11.9. The number of hydrogen-bond donors (Lipinski definition) is 1. The summed E-state index contributed by atoms with van der Waals surface area (Å²) in [6.45, 7) is 5.97. The second-order valence-electron chi connectivity index (χ2n) is 4.55. The molecule has 0 atom stereocenters. The summed E-state index contributed by atoms with van der Waals surface area (Å²) < 4.78 is 19.2. The minimum atomic E-state index is -0.171. The maximum Gasteiger partial charge on any atom is 0.127 e. The number of nitrogens with one attached hydrogen (secondary N) is 1. The van der Waals surface area contributed by atoms with E-state index in [0.717, 1.165) is 23.4 Å². The van der Waals surface area contributed by atoms with Crippen LogP contribution in [-0.4, -0.2) is 13.2 Å². The van der Waals surface area contributed by atoms with E-state index in [9.17, 15) is 4.39 Å². The van der Waals surface area contributed by atoms with Crippen molar-refractivity contribution >= 4 is 0 Å². The van der Waals surface area contributed by atoms with Crippen molar-refractivity contribution in [2.45, 2.75) is 20.4 Å². The highest BCUT2D eigenvalue weighted by molar-refractivity contribution is 5.65. The molecule has 0 aliphatic carbocycles. The average molecular weight is 273 g/mol. The van der Waals surface area contributed by atoms with Crippen LogP contribution in [0.15, 0.2) is 42.5 Å². The van der Waals surface area contributed by atoms with Gasteiger partial charge in [0.1, 0.15) is 11.6 Å². The molecule has 1 N–H and O–H groups in total. The predicted octanol–water partition coefficient (Wildman–Crippen LogP) is 4.00. The Balaban J connectivity index is 2.30. The second-order valence-corrected chi connectivity index (χ2v) is 4.55. The summed E-state index contributed by atoms with van der Waals surface area (Å²) in [6.07, 6.45) is 0. The van der Waals surface area contributed by atoms with E-state index in [1.54, 1.807) is 6.07 Å². The molecule has 106 valence electrons. The topological polar surface area (TPSA) is 21.3 Å². The van der Waals surface area contributed by atoms with Crippen molar-refractivity contribution < 1.29 is 9.13 Å². The van der Waals surface area contributed by atoms with Crippen LogP contribution in [0.5, 0.6) is 5.75 Å². The smallest absolute Gasteiger partial charge is 0.127 e. The SMILES string of the molecule is CCNCc1cc(-c2cccc(OCC)c2)ccc1F. The molecule has 3 heteroatoms. The maximum atomic E-state index is 13.7. The van der Waals surface area contributed by atoms with E-state index < -0.39 is 0 Å². The van der Waals surface area contributed by atoms with Crippen LogP contribution in [0.1, 0.15) is 19.4 Å². The van der Waals surface area contributed by atoms with Crippen molar-refractivity contribution in [3.63, 3.8) is 0 Å². The van der Waals surface area contributed by atoms with Crippen molar-refractivity contribution in [3.8, 4) is 16.9 Å². The van der Waals surface area contributed by atoms with Crippen molar-refractivity contribution in [1.82, 2.24) is 5.32 Å². The summed E-state index contributed by atoms with van der Waals surface area (Å²) in [5.74, 6) is 0.665. The summed E-state index contributed by atoms with van der Waals surface area (Å²) in [6, 6.07) is 13.1. The molecule has 0 radical (unpaired) electrons. The number of ether oxygens (including phenoxy) is 1. The van der Waals surface area contributed by atoms with Crippen molar-refractivity contribution in [1.29, 1.82) is 0 Å². The minimum absolute atomic E-state index is 0.171. The molecule has 2 nitrogen and oxygen atoms in total. The van der Waals surface area contributed by atoms with Gasteiger partial charge in [-0.3, -0.25) is 0 Å². The normalized spacial score (nSPS) is 10.6. The first kappa shape index (κ1) is 14.5. The lowest BCUT2D eigenvalue weighted by atomic mass is 10.0. The number of hydrogen-bond acceptors (Lipinski definition) is 2. The van der Waals surface area contributed by atoms with Crippen LogP contribution >= 0.6 is 0 Å². The zero-order valence-electron chi connectivity index (χ0n) is 11.9. The zero-order chi connectivity index (χ0) is 14.4. The van der Waals surface area contributed by atoms with Gasteiger partial charge in [-0.25, -0.2) is 4.39 Å². The van der Waals surface area contributed by atoms with Crippen LogP contribution in [-0.2, 0) is 6.54 Å². The lowest BCUT2D eigenvalue weighted by Gasteiger charge is -2.09. The van der Waals surface area contributed by atoms with Gasteiger partial charge in [0.05, 0.1) is 6.61 Å².